The number of carbonyl (C=O) groups is 1. The van der Waals surface area contributed by atoms with E-state index in [1.165, 1.54) is 10.9 Å². The number of halogens is 1. The molecule has 1 amide bonds. The van der Waals surface area contributed by atoms with Gasteiger partial charge >= 0.3 is 0 Å². The summed E-state index contributed by atoms with van der Waals surface area (Å²) in [4.78, 5) is 36.3. The number of benzene rings is 3. The van der Waals surface area contributed by atoms with E-state index in [0.717, 1.165) is 11.9 Å². The van der Waals surface area contributed by atoms with Crippen molar-refractivity contribution in [3.8, 4) is 17.1 Å². The summed E-state index contributed by atoms with van der Waals surface area (Å²) in [6, 6.07) is 22.8. The van der Waals surface area contributed by atoms with Crippen molar-refractivity contribution in [1.82, 2.24) is 14.5 Å². The molecule has 4 rings (SSSR count). The zero-order chi connectivity index (χ0) is 25.7. The smallest absolute Gasteiger partial charge is 0.278 e. The number of amides is 1. The van der Waals surface area contributed by atoms with Gasteiger partial charge in [0.25, 0.3) is 11.5 Å². The monoisotopic (exact) mass is 498 g/mol. The highest BCUT2D eigenvalue weighted by Gasteiger charge is 2.19. The third kappa shape index (κ3) is 5.39. The van der Waals surface area contributed by atoms with E-state index in [1.54, 1.807) is 67.5 Å². The summed E-state index contributed by atoms with van der Waals surface area (Å²) in [5.41, 5.74) is 1.94. The van der Waals surface area contributed by atoms with Gasteiger partial charge in [0.2, 0.25) is 0 Å². The normalized spacial score (nSPS) is 10.9. The van der Waals surface area contributed by atoms with Gasteiger partial charge in [-0.2, -0.15) is 4.99 Å². The molecule has 0 bridgehead atoms. The van der Waals surface area contributed by atoms with Gasteiger partial charge in [-0.05, 0) is 48.5 Å². The van der Waals surface area contributed by atoms with Crippen molar-refractivity contribution >= 4 is 41.6 Å². The molecule has 0 radical (unpaired) electrons. The van der Waals surface area contributed by atoms with Gasteiger partial charge in [0, 0.05) is 42.1 Å². The Bertz CT molecular complexity index is 1480. The first-order chi connectivity index (χ1) is 17.4. The Morgan fingerprint density at radius 3 is 2.31 bits per heavy atom. The second kappa shape index (κ2) is 10.8. The van der Waals surface area contributed by atoms with E-state index in [0.29, 0.717) is 27.7 Å². The lowest BCUT2D eigenvalue weighted by atomic mass is 10.1. The summed E-state index contributed by atoms with van der Waals surface area (Å²) in [6.07, 6.45) is 2.43. The van der Waals surface area contributed by atoms with Crippen molar-refractivity contribution in [2.24, 2.45) is 4.99 Å². The van der Waals surface area contributed by atoms with Gasteiger partial charge < -0.3 is 15.6 Å². The van der Waals surface area contributed by atoms with E-state index in [2.05, 4.69) is 10.3 Å². The van der Waals surface area contributed by atoms with Crippen molar-refractivity contribution in [3.63, 3.8) is 0 Å². The molecule has 0 aliphatic heterocycles. The minimum absolute atomic E-state index is 0.0994. The number of nitrogens with one attached hydrogen (secondary N) is 2. The molecule has 4 aromatic rings. The van der Waals surface area contributed by atoms with Crippen LogP contribution in [0.3, 0.4) is 0 Å². The minimum atomic E-state index is -0.425. The summed E-state index contributed by atoms with van der Waals surface area (Å²) in [7, 11) is 3.56. The fourth-order valence-corrected chi connectivity index (χ4v) is 3.57. The fourth-order valence-electron chi connectivity index (χ4n) is 3.45. The Hall–Kier alpha value is -4.56. The third-order valence-corrected chi connectivity index (χ3v) is 5.43. The van der Waals surface area contributed by atoms with E-state index in [4.69, 9.17) is 22.0 Å². The molecule has 1 heterocycles. The first-order valence-electron chi connectivity index (χ1n) is 11.0. The molecule has 0 fully saturated rings. The van der Waals surface area contributed by atoms with Gasteiger partial charge in [-0.3, -0.25) is 14.2 Å². The van der Waals surface area contributed by atoms with Crippen LogP contribution in [0.15, 0.2) is 88.6 Å². The lowest BCUT2D eigenvalue weighted by molar-refractivity contribution is 0.100. The predicted molar refractivity (Wildman–Crippen MR) is 144 cm³/mol. The standard InChI is InChI=1S/C27H23ClN6O2/c1-33(2)17-30-26(35)19-10-8-18(9-11-19)25-32-24(31-21-6-4-3-5-7-21)23(16-29)27(36)34(25)22-14-12-20(28)13-15-22/h3-17,29,31H,1-2H3. The number of nitrogens with zero attached hydrogens (tertiary/aromatic N) is 4. The molecule has 9 heteroatoms. The van der Waals surface area contributed by atoms with E-state index >= 15 is 0 Å². The first kappa shape index (κ1) is 24.6. The number of aliphatic imine (C=N–C) groups is 1. The lowest BCUT2D eigenvalue weighted by Gasteiger charge is -2.17. The molecule has 1 aromatic heterocycles. The van der Waals surface area contributed by atoms with Crippen molar-refractivity contribution in [2.75, 3.05) is 19.4 Å². The van der Waals surface area contributed by atoms with Crippen LogP contribution in [0, 0.1) is 5.41 Å². The molecule has 0 saturated heterocycles. The molecule has 36 heavy (non-hydrogen) atoms. The maximum Gasteiger partial charge on any atom is 0.278 e. The van der Waals surface area contributed by atoms with Crippen LogP contribution in [0.5, 0.6) is 0 Å². The summed E-state index contributed by atoms with van der Waals surface area (Å²) in [6.45, 7) is 0. The van der Waals surface area contributed by atoms with E-state index in [9.17, 15) is 9.59 Å². The number of hydrogen-bond acceptors (Lipinski definition) is 5. The highest BCUT2D eigenvalue weighted by Crippen LogP contribution is 2.25. The summed E-state index contributed by atoms with van der Waals surface area (Å²) in [5, 5.41) is 11.6. The maximum absolute atomic E-state index is 13.6. The minimum Gasteiger partial charge on any atom is -0.369 e. The average molecular weight is 499 g/mol. The van der Waals surface area contributed by atoms with Crippen LogP contribution in [0.2, 0.25) is 5.02 Å². The third-order valence-electron chi connectivity index (χ3n) is 5.18. The number of carbonyl (C=O) groups excluding carboxylic acids is 1. The largest absolute Gasteiger partial charge is 0.369 e. The SMILES string of the molecule is CN(C)C=NC(=O)c1ccc(-c2nc(Nc3ccccc3)c(C=N)c(=O)n2-c2ccc(Cl)cc2)cc1. The zero-order valence-corrected chi connectivity index (χ0v) is 20.4. The lowest BCUT2D eigenvalue weighted by Crippen LogP contribution is -2.26. The van der Waals surface area contributed by atoms with Gasteiger partial charge in [0.15, 0.2) is 0 Å². The fraction of sp³-hybridized carbons (Fsp3) is 0.0741. The van der Waals surface area contributed by atoms with E-state index < -0.39 is 5.56 Å². The van der Waals surface area contributed by atoms with Crippen LogP contribution in [0.1, 0.15) is 15.9 Å². The molecule has 0 saturated carbocycles. The topological polar surface area (TPSA) is 103 Å². The highest BCUT2D eigenvalue weighted by atomic mass is 35.5. The molecule has 0 atom stereocenters. The average Bonchev–Trinajstić information content (AvgIpc) is 2.88. The van der Waals surface area contributed by atoms with Crippen molar-refractivity contribution in [2.45, 2.75) is 0 Å². The van der Waals surface area contributed by atoms with Gasteiger partial charge in [0.1, 0.15) is 17.2 Å². The Kier molecular flexibility index (Phi) is 7.36. The molecule has 0 aliphatic rings. The van der Waals surface area contributed by atoms with Gasteiger partial charge in [0.05, 0.1) is 12.0 Å². The summed E-state index contributed by atoms with van der Waals surface area (Å²) < 4.78 is 1.42. The second-order valence-electron chi connectivity index (χ2n) is 8.04. The molecule has 0 aliphatic carbocycles. The maximum atomic E-state index is 13.6. The zero-order valence-electron chi connectivity index (χ0n) is 19.6. The van der Waals surface area contributed by atoms with E-state index in [1.807, 2.05) is 30.3 Å². The van der Waals surface area contributed by atoms with E-state index in [-0.39, 0.29) is 17.3 Å². The quantitative estimate of drug-likeness (QED) is 0.275. The van der Waals surface area contributed by atoms with Gasteiger partial charge in [-0.15, -0.1) is 0 Å². The second-order valence-corrected chi connectivity index (χ2v) is 8.48. The number of anilines is 2. The Labute approximate surface area is 213 Å². The number of aromatic nitrogens is 2. The summed E-state index contributed by atoms with van der Waals surface area (Å²) >= 11 is 6.07. The van der Waals surface area contributed by atoms with Crippen molar-refractivity contribution in [1.29, 1.82) is 5.41 Å². The van der Waals surface area contributed by atoms with Gasteiger partial charge in [-0.25, -0.2) is 4.98 Å². The van der Waals surface area contributed by atoms with Crippen LogP contribution in [0.25, 0.3) is 17.1 Å². The first-order valence-corrected chi connectivity index (χ1v) is 11.4. The Morgan fingerprint density at radius 2 is 1.69 bits per heavy atom. The van der Waals surface area contributed by atoms with Crippen LogP contribution in [-0.4, -0.2) is 47.0 Å². The van der Waals surface area contributed by atoms with Crippen LogP contribution in [-0.2, 0) is 0 Å². The molecule has 3 aromatic carbocycles. The molecule has 2 N–H and O–H groups in total. The highest BCUT2D eigenvalue weighted by molar-refractivity contribution is 6.30. The number of hydrogen-bond donors (Lipinski definition) is 2. The Balaban J connectivity index is 1.88. The van der Waals surface area contributed by atoms with Crippen LogP contribution in [0.4, 0.5) is 11.5 Å². The van der Waals surface area contributed by atoms with Crippen molar-refractivity contribution < 1.29 is 4.79 Å². The molecule has 180 valence electrons. The van der Waals surface area contributed by atoms with Gasteiger partial charge in [-0.1, -0.05) is 41.9 Å². The van der Waals surface area contributed by atoms with Crippen LogP contribution < -0.4 is 10.9 Å². The summed E-state index contributed by atoms with van der Waals surface area (Å²) in [5.74, 6) is 0.197. The molecular weight excluding hydrogens is 476 g/mol. The number of para-hydroxylation sites is 1. The number of rotatable bonds is 7. The van der Waals surface area contributed by atoms with Crippen LogP contribution >= 0.6 is 11.6 Å². The Morgan fingerprint density at radius 1 is 1.03 bits per heavy atom. The molecule has 0 unspecified atom stereocenters. The van der Waals surface area contributed by atoms with Crippen molar-refractivity contribution in [3.05, 3.63) is 105 Å². The molecule has 8 nitrogen and oxygen atoms in total. The molecule has 0 spiro atoms. The predicted octanol–water partition coefficient (Wildman–Crippen LogP) is 5.02. The molecular formula is C27H23ClN6O2.